The molecule has 0 aliphatic heterocycles. The van der Waals surface area contributed by atoms with Gasteiger partial charge in [-0.3, -0.25) is 4.79 Å². The molecule has 1 aromatic heterocycles. The average molecular weight is 210 g/mol. The van der Waals surface area contributed by atoms with Gasteiger partial charge in [-0.1, -0.05) is 6.07 Å². The number of halogens is 1. The van der Waals surface area contributed by atoms with Crippen molar-refractivity contribution in [2.45, 2.75) is 12.8 Å². The van der Waals surface area contributed by atoms with E-state index in [9.17, 15) is 4.79 Å². The maximum Gasteiger partial charge on any atom is 0.210 e. The lowest BCUT2D eigenvalue weighted by molar-refractivity contribution is 0.101. The van der Waals surface area contributed by atoms with Crippen molar-refractivity contribution in [1.29, 1.82) is 0 Å². The van der Waals surface area contributed by atoms with E-state index in [1.807, 2.05) is 0 Å². The summed E-state index contributed by atoms with van der Waals surface area (Å²) < 4.78 is 5.35. The second kappa shape index (κ2) is 3.42. The normalized spacial score (nSPS) is 10.7. The number of hydrogen-bond donors (Lipinski definition) is 0. The molecule has 0 spiro atoms. The van der Waals surface area contributed by atoms with Crippen molar-refractivity contribution < 1.29 is 9.21 Å². The van der Waals surface area contributed by atoms with Gasteiger partial charge in [0.25, 0.3) is 0 Å². The van der Waals surface area contributed by atoms with Gasteiger partial charge in [0.2, 0.25) is 5.89 Å². The molecule has 3 nitrogen and oxygen atoms in total. The number of aromatic nitrogens is 1. The van der Waals surface area contributed by atoms with Crippen LogP contribution in [0.3, 0.4) is 0 Å². The molecule has 1 heterocycles. The van der Waals surface area contributed by atoms with Gasteiger partial charge in [0.15, 0.2) is 11.4 Å². The number of para-hydroxylation sites is 1. The molecule has 0 aliphatic rings. The van der Waals surface area contributed by atoms with Crippen molar-refractivity contribution in [3.8, 4) is 0 Å². The Morgan fingerprint density at radius 3 is 3.00 bits per heavy atom. The molecule has 0 saturated carbocycles. The van der Waals surface area contributed by atoms with Gasteiger partial charge >= 0.3 is 0 Å². The van der Waals surface area contributed by atoms with Crippen molar-refractivity contribution >= 4 is 28.5 Å². The Hall–Kier alpha value is -1.35. The van der Waals surface area contributed by atoms with Gasteiger partial charge in [-0.2, -0.15) is 0 Å². The third-order valence-electron chi connectivity index (χ3n) is 1.95. The van der Waals surface area contributed by atoms with Crippen molar-refractivity contribution in [2.75, 3.05) is 0 Å². The van der Waals surface area contributed by atoms with E-state index in [4.69, 9.17) is 16.0 Å². The Bertz CT molecular complexity index is 490. The molecule has 2 aromatic rings. The fraction of sp³-hybridized carbons (Fsp3) is 0.200. The number of hydrogen-bond acceptors (Lipinski definition) is 3. The van der Waals surface area contributed by atoms with Crippen LogP contribution in [0.5, 0.6) is 0 Å². The van der Waals surface area contributed by atoms with E-state index >= 15 is 0 Å². The van der Waals surface area contributed by atoms with Crippen molar-refractivity contribution in [2.24, 2.45) is 0 Å². The first kappa shape index (κ1) is 9.21. The zero-order valence-electron chi connectivity index (χ0n) is 7.58. The number of alkyl halides is 1. The van der Waals surface area contributed by atoms with E-state index in [-0.39, 0.29) is 11.7 Å². The molecule has 0 amide bonds. The molecule has 0 saturated heterocycles. The number of rotatable bonds is 2. The van der Waals surface area contributed by atoms with Gasteiger partial charge in [-0.15, -0.1) is 11.6 Å². The molecule has 14 heavy (non-hydrogen) atoms. The number of ketones is 1. The lowest BCUT2D eigenvalue weighted by Gasteiger charge is -1.93. The third kappa shape index (κ3) is 1.40. The first-order valence-electron chi connectivity index (χ1n) is 4.17. The largest absolute Gasteiger partial charge is 0.439 e. The molecule has 4 heteroatoms. The Labute approximate surface area is 85.7 Å². The van der Waals surface area contributed by atoms with E-state index in [0.29, 0.717) is 22.6 Å². The fourth-order valence-electron chi connectivity index (χ4n) is 1.33. The van der Waals surface area contributed by atoms with Gasteiger partial charge < -0.3 is 4.42 Å². The van der Waals surface area contributed by atoms with Crippen LogP contribution in [0.1, 0.15) is 23.2 Å². The van der Waals surface area contributed by atoms with Crippen LogP contribution < -0.4 is 0 Å². The minimum absolute atomic E-state index is 0.0344. The molecule has 72 valence electrons. The lowest BCUT2D eigenvalue weighted by Crippen LogP contribution is -1.91. The van der Waals surface area contributed by atoms with Gasteiger partial charge in [0, 0.05) is 0 Å². The molecule has 0 atom stereocenters. The summed E-state index contributed by atoms with van der Waals surface area (Å²) in [5, 5.41) is 0. The topological polar surface area (TPSA) is 43.1 Å². The van der Waals surface area contributed by atoms with E-state index in [2.05, 4.69) is 4.98 Å². The van der Waals surface area contributed by atoms with Crippen LogP contribution in [-0.2, 0) is 5.88 Å². The quantitative estimate of drug-likeness (QED) is 0.564. The van der Waals surface area contributed by atoms with Crippen molar-refractivity contribution in [3.63, 3.8) is 0 Å². The number of carbonyl (C=O) groups excluding carboxylic acids is 1. The highest BCUT2D eigenvalue weighted by atomic mass is 35.5. The Morgan fingerprint density at radius 2 is 2.36 bits per heavy atom. The number of oxazole rings is 1. The summed E-state index contributed by atoms with van der Waals surface area (Å²) in [5.41, 5.74) is 1.75. The number of fused-ring (bicyclic) bond motifs is 1. The van der Waals surface area contributed by atoms with Crippen LogP contribution in [0.25, 0.3) is 11.1 Å². The second-order valence-corrected chi connectivity index (χ2v) is 3.22. The summed E-state index contributed by atoms with van der Waals surface area (Å²) in [7, 11) is 0. The van der Waals surface area contributed by atoms with Crippen LogP contribution in [0.15, 0.2) is 22.6 Å². The zero-order valence-corrected chi connectivity index (χ0v) is 8.34. The molecule has 0 bridgehead atoms. The SMILES string of the molecule is CC(=O)c1cccc2nc(CCl)oc12. The van der Waals surface area contributed by atoms with E-state index < -0.39 is 0 Å². The maximum absolute atomic E-state index is 11.2. The molecule has 0 radical (unpaired) electrons. The summed E-state index contributed by atoms with van der Waals surface area (Å²) >= 11 is 5.59. The van der Waals surface area contributed by atoms with Gasteiger partial charge in [0.05, 0.1) is 11.4 Å². The summed E-state index contributed by atoms with van der Waals surface area (Å²) in [6, 6.07) is 5.29. The highest BCUT2D eigenvalue weighted by molar-refractivity contribution is 6.16. The highest BCUT2D eigenvalue weighted by Gasteiger charge is 2.11. The predicted octanol–water partition coefficient (Wildman–Crippen LogP) is 2.77. The number of nitrogens with zero attached hydrogens (tertiary/aromatic N) is 1. The van der Waals surface area contributed by atoms with Gasteiger partial charge in [-0.25, -0.2) is 4.98 Å². The zero-order chi connectivity index (χ0) is 10.1. The molecular weight excluding hydrogens is 202 g/mol. The fourth-order valence-corrected chi connectivity index (χ4v) is 1.44. The van der Waals surface area contributed by atoms with Crippen LogP contribution >= 0.6 is 11.6 Å². The van der Waals surface area contributed by atoms with E-state index in [1.54, 1.807) is 18.2 Å². The van der Waals surface area contributed by atoms with E-state index in [1.165, 1.54) is 6.92 Å². The Kier molecular flexibility index (Phi) is 2.25. The molecule has 2 rings (SSSR count). The third-order valence-corrected chi connectivity index (χ3v) is 2.18. The van der Waals surface area contributed by atoms with Crippen LogP contribution in [0, 0.1) is 0 Å². The summed E-state index contributed by atoms with van der Waals surface area (Å²) in [4.78, 5) is 15.4. The van der Waals surface area contributed by atoms with Crippen molar-refractivity contribution in [3.05, 3.63) is 29.7 Å². The first-order valence-corrected chi connectivity index (χ1v) is 4.71. The van der Waals surface area contributed by atoms with Gasteiger partial charge in [0.1, 0.15) is 5.52 Å². The van der Waals surface area contributed by atoms with Crippen molar-refractivity contribution in [1.82, 2.24) is 4.98 Å². The summed E-state index contributed by atoms with van der Waals surface area (Å²) in [6.07, 6.45) is 0. The maximum atomic E-state index is 11.2. The number of carbonyl (C=O) groups is 1. The standard InChI is InChI=1S/C10H8ClNO2/c1-6(13)7-3-2-4-8-10(7)14-9(5-11)12-8/h2-4H,5H2,1H3. The number of benzene rings is 1. The first-order chi connectivity index (χ1) is 6.72. The minimum atomic E-state index is -0.0344. The highest BCUT2D eigenvalue weighted by Crippen LogP contribution is 2.21. The predicted molar refractivity (Wildman–Crippen MR) is 53.6 cm³/mol. The molecule has 0 aliphatic carbocycles. The van der Waals surface area contributed by atoms with Crippen LogP contribution in [-0.4, -0.2) is 10.8 Å². The number of Topliss-reactive ketones (excluding diaryl/α,β-unsaturated/α-hetero) is 1. The van der Waals surface area contributed by atoms with E-state index in [0.717, 1.165) is 0 Å². The summed E-state index contributed by atoms with van der Waals surface area (Å²) in [6.45, 7) is 1.50. The molecule has 0 unspecified atom stereocenters. The minimum Gasteiger partial charge on any atom is -0.439 e. The average Bonchev–Trinajstić information content (AvgIpc) is 2.59. The van der Waals surface area contributed by atoms with Crippen LogP contribution in [0.4, 0.5) is 0 Å². The Morgan fingerprint density at radius 1 is 1.57 bits per heavy atom. The van der Waals surface area contributed by atoms with Gasteiger partial charge in [-0.05, 0) is 19.1 Å². The lowest BCUT2D eigenvalue weighted by atomic mass is 10.1. The molecule has 0 N–H and O–H groups in total. The molecular formula is C10H8ClNO2. The Balaban J connectivity index is 2.73. The second-order valence-electron chi connectivity index (χ2n) is 2.95. The van der Waals surface area contributed by atoms with Crippen LogP contribution in [0.2, 0.25) is 0 Å². The molecule has 0 fully saturated rings. The summed E-state index contributed by atoms with van der Waals surface area (Å²) in [5.74, 6) is 0.620. The monoisotopic (exact) mass is 209 g/mol. The smallest absolute Gasteiger partial charge is 0.210 e. The molecule has 1 aromatic carbocycles.